The van der Waals surface area contributed by atoms with E-state index in [1.54, 1.807) is 13.8 Å². The van der Waals surface area contributed by atoms with E-state index in [-0.39, 0.29) is 11.5 Å². The highest BCUT2D eigenvalue weighted by molar-refractivity contribution is 6.30. The number of benzene rings is 1. The van der Waals surface area contributed by atoms with Gasteiger partial charge in [0, 0.05) is 16.5 Å². The van der Waals surface area contributed by atoms with Crippen LogP contribution in [0.2, 0.25) is 5.02 Å². The van der Waals surface area contributed by atoms with Crippen molar-refractivity contribution in [3.8, 4) is 0 Å². The van der Waals surface area contributed by atoms with Crippen molar-refractivity contribution in [3.05, 3.63) is 34.6 Å². The molecular formula is C11H12ClFO2. The largest absolute Gasteiger partial charge is 0.380 e. The van der Waals surface area contributed by atoms with Crippen molar-refractivity contribution in [2.75, 3.05) is 0 Å². The van der Waals surface area contributed by atoms with Crippen LogP contribution in [0.3, 0.4) is 0 Å². The van der Waals surface area contributed by atoms with Crippen molar-refractivity contribution < 1.29 is 14.3 Å². The third kappa shape index (κ3) is 2.76. The van der Waals surface area contributed by atoms with Crippen LogP contribution in [0.15, 0.2) is 18.2 Å². The van der Waals surface area contributed by atoms with E-state index < -0.39 is 17.7 Å². The van der Waals surface area contributed by atoms with Gasteiger partial charge in [0.2, 0.25) is 0 Å². The predicted molar refractivity (Wildman–Crippen MR) is 56.2 cm³/mol. The van der Waals surface area contributed by atoms with Crippen LogP contribution in [0.25, 0.3) is 0 Å². The van der Waals surface area contributed by atoms with Crippen molar-refractivity contribution in [1.82, 2.24) is 0 Å². The summed E-state index contributed by atoms with van der Waals surface area (Å²) in [6.45, 7) is 3.29. The molecule has 0 aromatic heterocycles. The normalized spacial score (nSPS) is 12.9. The van der Waals surface area contributed by atoms with Gasteiger partial charge in [0.15, 0.2) is 5.78 Å². The maximum Gasteiger partial charge on any atom is 0.168 e. The lowest BCUT2D eigenvalue weighted by molar-refractivity contribution is -0.130. The minimum atomic E-state index is -1.44. The van der Waals surface area contributed by atoms with E-state index in [1.165, 1.54) is 12.1 Å². The molecule has 1 rings (SSSR count). The molecule has 0 aliphatic heterocycles. The molecule has 4 heteroatoms. The molecule has 0 saturated heterocycles. The molecule has 0 saturated carbocycles. The first-order valence-electron chi connectivity index (χ1n) is 4.60. The molecule has 0 aliphatic carbocycles. The van der Waals surface area contributed by atoms with Gasteiger partial charge in [-0.05, 0) is 18.2 Å². The summed E-state index contributed by atoms with van der Waals surface area (Å²) < 4.78 is 13.3. The maximum absolute atomic E-state index is 13.3. The third-order valence-corrected chi connectivity index (χ3v) is 2.33. The summed E-state index contributed by atoms with van der Waals surface area (Å²) in [5, 5.41) is 9.91. The predicted octanol–water partition coefficient (Wildman–Crippen LogP) is 2.74. The van der Waals surface area contributed by atoms with Gasteiger partial charge in [-0.2, -0.15) is 0 Å². The van der Waals surface area contributed by atoms with E-state index in [4.69, 9.17) is 11.6 Å². The molecule has 0 fully saturated rings. The van der Waals surface area contributed by atoms with Gasteiger partial charge in [-0.25, -0.2) is 4.39 Å². The molecule has 15 heavy (non-hydrogen) atoms. The van der Waals surface area contributed by atoms with E-state index >= 15 is 0 Å². The first-order valence-corrected chi connectivity index (χ1v) is 4.98. The molecule has 0 spiro atoms. The summed E-state index contributed by atoms with van der Waals surface area (Å²) >= 11 is 5.66. The summed E-state index contributed by atoms with van der Waals surface area (Å²) in [4.78, 5) is 11.4. The van der Waals surface area contributed by atoms with Crippen molar-refractivity contribution in [1.29, 1.82) is 0 Å². The number of carbonyl (C=O) groups excluding carboxylic acids is 1. The standard InChI is InChI=1S/C11H12ClFO2/c1-6(2)10(14)11(15)8-5-7(12)3-4-9(8)13/h3-6,11,15H,1-2H3. The summed E-state index contributed by atoms with van der Waals surface area (Å²) in [7, 11) is 0. The highest BCUT2D eigenvalue weighted by atomic mass is 35.5. The number of aliphatic hydroxyl groups excluding tert-OH is 1. The fraction of sp³-hybridized carbons (Fsp3) is 0.364. The Morgan fingerprint density at radius 2 is 2.07 bits per heavy atom. The SMILES string of the molecule is CC(C)C(=O)C(O)c1cc(Cl)ccc1F. The van der Waals surface area contributed by atoms with Crippen molar-refractivity contribution in [3.63, 3.8) is 0 Å². The molecule has 82 valence electrons. The van der Waals surface area contributed by atoms with Crippen molar-refractivity contribution in [2.24, 2.45) is 5.92 Å². The number of rotatable bonds is 3. The minimum Gasteiger partial charge on any atom is -0.380 e. The summed E-state index contributed by atoms with van der Waals surface area (Å²) in [5.74, 6) is -1.39. The number of Topliss-reactive ketones (excluding diaryl/α,β-unsaturated/α-hetero) is 1. The van der Waals surface area contributed by atoms with Crippen molar-refractivity contribution >= 4 is 17.4 Å². The van der Waals surface area contributed by atoms with Crippen LogP contribution in [0.1, 0.15) is 25.5 Å². The second kappa shape index (κ2) is 4.73. The lowest BCUT2D eigenvalue weighted by Crippen LogP contribution is -2.18. The summed E-state index contributed by atoms with van der Waals surface area (Å²) in [6.07, 6.45) is -1.44. The van der Waals surface area contributed by atoms with Gasteiger partial charge in [-0.15, -0.1) is 0 Å². The Hall–Kier alpha value is -0.930. The second-order valence-corrected chi connectivity index (χ2v) is 4.06. The molecule has 0 bridgehead atoms. The van der Waals surface area contributed by atoms with Gasteiger partial charge in [0.25, 0.3) is 0 Å². The fourth-order valence-electron chi connectivity index (χ4n) is 1.19. The van der Waals surface area contributed by atoms with Crippen LogP contribution >= 0.6 is 11.6 Å². The molecular weight excluding hydrogens is 219 g/mol. The van der Waals surface area contributed by atoms with Gasteiger partial charge in [-0.1, -0.05) is 25.4 Å². The van der Waals surface area contributed by atoms with Crippen LogP contribution in [0, 0.1) is 11.7 Å². The number of halogens is 2. The number of hydrogen-bond donors (Lipinski definition) is 1. The van der Waals surface area contributed by atoms with Gasteiger partial charge in [0.05, 0.1) is 0 Å². The molecule has 1 aromatic rings. The molecule has 1 atom stereocenters. The first-order chi connectivity index (χ1) is 6.93. The number of aliphatic hydroxyl groups is 1. The highest BCUT2D eigenvalue weighted by Crippen LogP contribution is 2.23. The Morgan fingerprint density at radius 3 is 2.60 bits per heavy atom. The molecule has 2 nitrogen and oxygen atoms in total. The zero-order valence-electron chi connectivity index (χ0n) is 8.50. The Morgan fingerprint density at radius 1 is 1.47 bits per heavy atom. The Labute approximate surface area is 92.7 Å². The molecule has 0 radical (unpaired) electrons. The van der Waals surface area contributed by atoms with Gasteiger partial charge >= 0.3 is 0 Å². The smallest absolute Gasteiger partial charge is 0.168 e. The Balaban J connectivity index is 3.05. The third-order valence-electron chi connectivity index (χ3n) is 2.09. The average molecular weight is 231 g/mol. The molecule has 1 unspecified atom stereocenters. The zero-order chi connectivity index (χ0) is 11.6. The lowest BCUT2D eigenvalue weighted by Gasteiger charge is -2.13. The molecule has 0 aliphatic rings. The maximum atomic E-state index is 13.3. The summed E-state index contributed by atoms with van der Waals surface area (Å²) in [5.41, 5.74) is -0.0683. The van der Waals surface area contributed by atoms with E-state index in [9.17, 15) is 14.3 Å². The Bertz CT molecular complexity index is 377. The minimum absolute atomic E-state index is 0.0683. The molecule has 0 amide bonds. The molecule has 1 N–H and O–H groups in total. The quantitative estimate of drug-likeness (QED) is 0.867. The van der Waals surface area contributed by atoms with Crippen LogP contribution in [0.5, 0.6) is 0 Å². The van der Waals surface area contributed by atoms with Crippen molar-refractivity contribution in [2.45, 2.75) is 20.0 Å². The lowest BCUT2D eigenvalue weighted by atomic mass is 9.98. The topological polar surface area (TPSA) is 37.3 Å². The van der Waals surface area contributed by atoms with Gasteiger partial charge in [0.1, 0.15) is 11.9 Å². The monoisotopic (exact) mass is 230 g/mol. The Kier molecular flexibility index (Phi) is 3.83. The van der Waals surface area contributed by atoms with E-state index in [0.717, 1.165) is 6.07 Å². The first kappa shape index (κ1) is 12.1. The van der Waals surface area contributed by atoms with Gasteiger partial charge in [-0.3, -0.25) is 4.79 Å². The van der Waals surface area contributed by atoms with E-state index in [0.29, 0.717) is 5.02 Å². The zero-order valence-corrected chi connectivity index (χ0v) is 9.25. The van der Waals surface area contributed by atoms with Crippen LogP contribution in [-0.2, 0) is 4.79 Å². The van der Waals surface area contributed by atoms with Crippen LogP contribution < -0.4 is 0 Å². The van der Waals surface area contributed by atoms with Crippen LogP contribution in [0.4, 0.5) is 4.39 Å². The van der Waals surface area contributed by atoms with Crippen LogP contribution in [-0.4, -0.2) is 10.9 Å². The second-order valence-electron chi connectivity index (χ2n) is 3.63. The summed E-state index contributed by atoms with van der Waals surface area (Å²) in [6, 6.07) is 3.77. The molecule has 1 aromatic carbocycles. The number of carbonyl (C=O) groups is 1. The number of ketones is 1. The van der Waals surface area contributed by atoms with Gasteiger partial charge < -0.3 is 5.11 Å². The van der Waals surface area contributed by atoms with E-state index in [2.05, 4.69) is 0 Å². The molecule has 0 heterocycles. The number of hydrogen-bond acceptors (Lipinski definition) is 2. The van der Waals surface area contributed by atoms with E-state index in [1.807, 2.05) is 0 Å². The highest BCUT2D eigenvalue weighted by Gasteiger charge is 2.23. The average Bonchev–Trinajstić information content (AvgIpc) is 2.19. The fourth-order valence-corrected chi connectivity index (χ4v) is 1.37.